The number of aromatic nitrogens is 8. The summed E-state index contributed by atoms with van der Waals surface area (Å²) < 4.78 is 243. The molecule has 4 fully saturated rings. The molecule has 0 spiro atoms. The number of hydrogen-bond acceptors (Lipinski definition) is 36. The van der Waals surface area contributed by atoms with Crippen LogP contribution < -0.4 is 22.2 Å². The minimum Gasteiger partial charge on any atom is -0.385 e. The van der Waals surface area contributed by atoms with Gasteiger partial charge in [0.2, 0.25) is 0 Å². The van der Waals surface area contributed by atoms with Crippen LogP contribution in [0.15, 0.2) is 44.0 Å². The number of aliphatic hydroxyl groups is 8. The summed E-state index contributed by atoms with van der Waals surface area (Å²) in [5.41, 5.74) is -3.46. The van der Waals surface area contributed by atoms with Crippen LogP contribution in [0.3, 0.4) is 0 Å². The van der Waals surface area contributed by atoms with Crippen LogP contribution in [0.5, 0.6) is 0 Å². The van der Waals surface area contributed by atoms with Crippen molar-refractivity contribution in [1.82, 2.24) is 38.2 Å². The monoisotopic (exact) mass is 1890 g/mol. The third-order valence-corrected chi connectivity index (χ3v) is 22.6. The van der Waals surface area contributed by atoms with Crippen LogP contribution in [0, 0.1) is 19.1 Å². The molecule has 4 unspecified atom stereocenters. The van der Waals surface area contributed by atoms with Crippen molar-refractivity contribution in [2.45, 2.75) is 97.1 Å². The minimum atomic E-state index is -6.02. The molecule has 108 heavy (non-hydrogen) atoms. The van der Waals surface area contributed by atoms with E-state index in [-0.39, 0.29) is 4.77 Å². The Labute approximate surface area is 638 Å². The van der Waals surface area contributed by atoms with Crippen LogP contribution in [0.1, 0.15) is 33.1 Å². The number of nitrogens with zero attached hydrogens (tertiary/aromatic N) is 4. The number of halogens is 8. The molecule has 52 nitrogen and oxygen atoms in total. The van der Waals surface area contributed by atoms with Crippen molar-refractivity contribution in [2.75, 3.05) is 26.3 Å². The summed E-state index contributed by atoms with van der Waals surface area (Å²) in [6.45, 7) is -11.6. The number of ether oxygens (including phenoxy) is 4. The van der Waals surface area contributed by atoms with E-state index in [2.05, 4.69) is 54.5 Å². The summed E-state index contributed by atoms with van der Waals surface area (Å²) in [6.07, 6.45) is -27.0. The van der Waals surface area contributed by atoms with E-state index >= 15 is 8.78 Å². The number of phosphoric acid groups is 8. The molecule has 0 radical (unpaired) electrons. The molecule has 0 amide bonds. The van der Waals surface area contributed by atoms with Gasteiger partial charge in [-0.15, -0.1) is 0 Å². The molecule has 24 N–H and O–H groups in total. The first-order valence-electron chi connectivity index (χ1n) is 28.9. The maximum absolute atomic E-state index is 15.3. The summed E-state index contributed by atoms with van der Waals surface area (Å²) in [7, 11) is -45.3. The van der Waals surface area contributed by atoms with Gasteiger partial charge in [0.15, 0.2) is 43.9 Å². The zero-order valence-electron chi connectivity index (χ0n) is 56.3. The van der Waals surface area contributed by atoms with Gasteiger partial charge in [-0.1, -0.05) is 46.4 Å². The maximum atomic E-state index is 15.3. The molecule has 20 atom stereocenters. The van der Waals surface area contributed by atoms with Gasteiger partial charge in [0.1, 0.15) is 95.3 Å². The van der Waals surface area contributed by atoms with Crippen molar-refractivity contribution in [3.05, 3.63) is 105 Å². The fourth-order valence-corrected chi connectivity index (χ4v) is 15.3. The molecule has 616 valence electrons. The molecular weight excluding hydrogens is 1840 g/mol. The zero-order chi connectivity index (χ0) is 88.6. The highest BCUT2D eigenvalue weighted by Crippen LogP contribution is 2.62. The van der Waals surface area contributed by atoms with Gasteiger partial charge in [-0.2, -0.15) is 17.2 Å². The van der Waals surface area contributed by atoms with E-state index in [1.165, 1.54) is 0 Å². The lowest BCUT2D eigenvalue weighted by Crippen LogP contribution is -2.42. The van der Waals surface area contributed by atoms with Gasteiger partial charge in [0, 0.05) is 24.8 Å². The SMILES string of the molecule is O=c1[nH]c(=S)n([C@@H]2O[C@](F)(COP(=O)(O)OP(=O)(O)O)[C@@H](O)[C@H]2O)cc1Cl.[2H]C([2H])(OP(=O)(O)OP(=O)(O)O)[C@@]1(F)O[C@@H](n2cc(Cl)c(=O)[nH]c2=S)[C@H](O)[C@@H]1O.[2H]C([2H])(OP(=O)(O)OP(=O)(O)O)[C@@]1(F)O[C@@]([2H])(n2cc(Cl)c(=O)[nH]c2=S)[C@H](O)[C@@H]1O.[2H][C@@]1(n2cc(Cl)c(=O)[nH]c2=S)O[C@](F)(COP(=O)(O)OP(=O)(O)O)[C@@H](O)[C@H]1O. The van der Waals surface area contributed by atoms with Crippen molar-refractivity contribution in [2.24, 2.45) is 0 Å². The van der Waals surface area contributed by atoms with Crippen molar-refractivity contribution in [3.63, 3.8) is 0 Å². The lowest BCUT2D eigenvalue weighted by atomic mass is 10.1. The van der Waals surface area contributed by atoms with Crippen LogP contribution >= 0.6 is 158 Å². The Morgan fingerprint density at radius 3 is 0.907 bits per heavy atom. The van der Waals surface area contributed by atoms with Crippen LogP contribution in [0.4, 0.5) is 17.6 Å². The summed E-state index contributed by atoms with van der Waals surface area (Å²) in [5.74, 6) is -15.3. The predicted octanol–water partition coefficient (Wildman–Crippen LogP) is -1.19. The predicted molar refractivity (Wildman–Crippen MR) is 343 cm³/mol. The third-order valence-electron chi connectivity index (χ3n) is 12.1. The Hall–Kier alpha value is -2.16. The van der Waals surface area contributed by atoms with E-state index in [0.29, 0.717) is 26.1 Å². The molecule has 4 aromatic heterocycles. The van der Waals surface area contributed by atoms with Gasteiger partial charge in [-0.05, 0) is 48.9 Å². The van der Waals surface area contributed by atoms with E-state index in [9.17, 15) is 115 Å². The molecule has 72 heteroatoms. The Balaban J connectivity index is 0.000000272. The van der Waals surface area contributed by atoms with Gasteiger partial charge >= 0.3 is 62.6 Å². The fraction of sp³-hybridized carbons (Fsp3) is 0.556. The van der Waals surface area contributed by atoms with Crippen molar-refractivity contribution in [3.8, 4) is 0 Å². The Morgan fingerprint density at radius 1 is 0.398 bits per heavy atom. The van der Waals surface area contributed by atoms with Gasteiger partial charge in [0.05, 0.1) is 8.22 Å². The standard InChI is InChI=1S/4C9H12ClFN2O11P2S/c4*10-3-1-13(8(27)12-6(3)16)7-4(14)5(15)9(11,23-7)2-22-26(20,21)24-25(17,18)19/h4*1,4-5,7,14-15H,2H2,(H,20,21)(H,12,16,27)(H2,17,18,19)/t4*4-,5+,7-,9-/m1111/s1/i2D2,7D;7D;2D2;. The number of phosphoric ester groups is 4. The molecular formula is C36H48Cl4F4N8O44P8S4. The average Bonchev–Trinajstić information content (AvgIpc) is 1.55. The quantitative estimate of drug-likeness (QED) is 0.0223. The van der Waals surface area contributed by atoms with Crippen molar-refractivity contribution < 1.29 is 216 Å². The van der Waals surface area contributed by atoms with E-state index in [1.807, 2.05) is 15.0 Å². The molecule has 8 heterocycles. The molecule has 4 aliphatic rings. The number of hydrogen-bond donors (Lipinski definition) is 24. The molecule has 0 aliphatic carbocycles. The normalized spacial score (nSPS) is 33.4. The number of nitrogens with one attached hydrogen (secondary N) is 4. The first-order valence-corrected chi connectivity index (χ1v) is 41.2. The van der Waals surface area contributed by atoms with E-state index in [0.717, 1.165) is 17.0 Å². The van der Waals surface area contributed by atoms with E-state index < -0.39 is 243 Å². The molecule has 4 aromatic rings. The van der Waals surface area contributed by atoms with Crippen LogP contribution in [0.2, 0.25) is 20.1 Å². The van der Waals surface area contributed by atoms with Gasteiger partial charge < -0.3 is 119 Å². The number of alkyl halides is 4. The summed E-state index contributed by atoms with van der Waals surface area (Å²) in [6, 6.07) is 0. The Morgan fingerprint density at radius 2 is 0.611 bits per heavy atom. The lowest BCUT2D eigenvalue weighted by Gasteiger charge is -2.24. The summed E-state index contributed by atoms with van der Waals surface area (Å²) in [4.78, 5) is 159. The highest BCUT2D eigenvalue weighted by atomic mass is 35.5. The molecule has 4 saturated heterocycles. The van der Waals surface area contributed by atoms with E-state index in [1.54, 1.807) is 0 Å². The summed E-state index contributed by atoms with van der Waals surface area (Å²) in [5, 5.41) is 77.8. The Bertz CT molecular complexity index is 5270. The third kappa shape index (κ3) is 25.9. The second-order valence-corrected chi connectivity index (χ2v) is 34.3. The fourth-order valence-electron chi connectivity index (χ4n) is 7.66. The molecule has 0 bridgehead atoms. The number of aliphatic hydroxyl groups excluding tert-OH is 8. The van der Waals surface area contributed by atoms with Crippen molar-refractivity contribution >= 4 is 158 Å². The number of aromatic amines is 4. The minimum absolute atomic E-state index is 0.335. The highest BCUT2D eigenvalue weighted by Gasteiger charge is 2.61. The first-order chi connectivity index (χ1) is 50.8. The first kappa shape index (κ1) is 86.7. The highest BCUT2D eigenvalue weighted by molar-refractivity contribution is 7.72. The second-order valence-electron chi connectivity index (χ2n) is 20.0. The number of rotatable bonds is 24. The topological polar surface area (TPSA) is 803 Å². The zero-order valence-corrected chi connectivity index (χ0v) is 63.7. The van der Waals surface area contributed by atoms with Gasteiger partial charge in [-0.3, -0.25) is 75.5 Å². The van der Waals surface area contributed by atoms with Gasteiger partial charge in [-0.25, -0.2) is 54.1 Å². The largest absolute Gasteiger partial charge is 0.481 e. The average molecular weight is 1900 g/mol. The van der Waals surface area contributed by atoms with Crippen LogP contribution in [-0.4, -0.2) is 236 Å². The molecule has 0 saturated carbocycles. The molecule has 8 rings (SSSR count). The molecule has 0 aromatic carbocycles. The summed E-state index contributed by atoms with van der Waals surface area (Å²) >= 11 is 41.5. The van der Waals surface area contributed by atoms with Crippen LogP contribution in [-0.2, 0) is 90.8 Å². The Kier molecular flexibility index (Phi) is 28.7. The van der Waals surface area contributed by atoms with E-state index in [4.69, 9.17) is 157 Å². The maximum Gasteiger partial charge on any atom is 0.481 e. The van der Waals surface area contributed by atoms with Crippen molar-refractivity contribution in [1.29, 1.82) is 0 Å². The van der Waals surface area contributed by atoms with Crippen LogP contribution in [0.25, 0.3) is 0 Å². The lowest BCUT2D eigenvalue weighted by molar-refractivity contribution is -0.204. The molecule has 4 aliphatic heterocycles. The second kappa shape index (κ2) is 35.7. The van der Waals surface area contributed by atoms with Gasteiger partial charge in [0.25, 0.3) is 45.7 Å². The number of H-pyrrole nitrogens is 4. The smallest absolute Gasteiger partial charge is 0.385 e.